The van der Waals surface area contributed by atoms with Gasteiger partial charge in [-0.3, -0.25) is 5.32 Å². The second kappa shape index (κ2) is 7.31. The van der Waals surface area contributed by atoms with E-state index < -0.39 is 11.9 Å². The van der Waals surface area contributed by atoms with Gasteiger partial charge in [-0.15, -0.1) is 0 Å². The van der Waals surface area contributed by atoms with Crippen molar-refractivity contribution in [2.24, 2.45) is 0 Å². The van der Waals surface area contributed by atoms with Crippen molar-refractivity contribution in [2.45, 2.75) is 11.5 Å². The minimum Gasteiger partial charge on any atom is -0.444 e. The summed E-state index contributed by atoms with van der Waals surface area (Å²) in [5, 5.41) is 12.7. The molecule has 0 aliphatic carbocycles. The first-order chi connectivity index (χ1) is 10.2. The van der Waals surface area contributed by atoms with E-state index in [1.807, 2.05) is 30.3 Å². The van der Waals surface area contributed by atoms with Crippen molar-refractivity contribution < 1.29 is 13.9 Å². The molecule has 0 unspecified atom stereocenters. The summed E-state index contributed by atoms with van der Waals surface area (Å²) >= 11 is 0.724. The van der Waals surface area contributed by atoms with Crippen LogP contribution in [0.1, 0.15) is 5.56 Å². The fourth-order valence-corrected chi connectivity index (χ4v) is 1.98. The lowest BCUT2D eigenvalue weighted by Crippen LogP contribution is -2.13. The van der Waals surface area contributed by atoms with Crippen LogP contribution in [0.2, 0.25) is 0 Å². The van der Waals surface area contributed by atoms with Crippen molar-refractivity contribution in [3.05, 3.63) is 59.9 Å². The molecule has 1 N–H and O–H groups in total. The number of carbonyl (C=O) groups excluding carboxylic acids is 1. The van der Waals surface area contributed by atoms with E-state index in [0.717, 1.165) is 23.4 Å². The van der Waals surface area contributed by atoms with Gasteiger partial charge in [0, 0.05) is 5.69 Å². The van der Waals surface area contributed by atoms with Crippen LogP contribution in [-0.4, -0.2) is 6.09 Å². The normalized spacial score (nSPS) is 9.71. The predicted molar refractivity (Wildman–Crippen MR) is 78.1 cm³/mol. The maximum absolute atomic E-state index is 13.6. The molecule has 0 atom stereocenters. The highest BCUT2D eigenvalue weighted by molar-refractivity contribution is 8.03. The van der Waals surface area contributed by atoms with Crippen LogP contribution in [0.15, 0.2) is 53.4 Å². The third-order valence-electron chi connectivity index (χ3n) is 2.55. The van der Waals surface area contributed by atoms with Gasteiger partial charge in [-0.05, 0) is 35.5 Å². The second-order valence-electron chi connectivity index (χ2n) is 4.03. The summed E-state index contributed by atoms with van der Waals surface area (Å²) in [6.07, 6.45) is -0.668. The molecular weight excluding hydrogens is 291 g/mol. The van der Waals surface area contributed by atoms with Crippen molar-refractivity contribution >= 4 is 23.5 Å². The van der Waals surface area contributed by atoms with Crippen molar-refractivity contribution in [3.8, 4) is 5.40 Å². The molecule has 0 heterocycles. The zero-order chi connectivity index (χ0) is 15.1. The Bertz CT molecular complexity index is 671. The number of carbonyl (C=O) groups is 1. The molecule has 2 rings (SSSR count). The highest BCUT2D eigenvalue weighted by atomic mass is 32.2. The summed E-state index contributed by atoms with van der Waals surface area (Å²) in [6, 6.07) is 13.3. The van der Waals surface area contributed by atoms with Crippen molar-refractivity contribution in [1.29, 1.82) is 5.26 Å². The zero-order valence-corrected chi connectivity index (χ0v) is 11.7. The third kappa shape index (κ3) is 4.51. The van der Waals surface area contributed by atoms with Crippen LogP contribution in [0.5, 0.6) is 0 Å². The molecule has 0 bridgehead atoms. The maximum Gasteiger partial charge on any atom is 0.411 e. The van der Waals surface area contributed by atoms with Gasteiger partial charge >= 0.3 is 6.09 Å². The van der Waals surface area contributed by atoms with E-state index in [1.165, 1.54) is 12.1 Å². The maximum atomic E-state index is 13.6. The van der Waals surface area contributed by atoms with Gasteiger partial charge in [-0.1, -0.05) is 30.3 Å². The van der Waals surface area contributed by atoms with Crippen LogP contribution < -0.4 is 5.32 Å². The minimum absolute atomic E-state index is 0.136. The third-order valence-corrected chi connectivity index (χ3v) is 3.19. The summed E-state index contributed by atoms with van der Waals surface area (Å²) in [4.78, 5) is 11.8. The van der Waals surface area contributed by atoms with Crippen LogP contribution in [0.3, 0.4) is 0 Å². The van der Waals surface area contributed by atoms with Crippen LogP contribution in [0.25, 0.3) is 0 Å². The smallest absolute Gasteiger partial charge is 0.411 e. The number of anilines is 1. The number of ether oxygens (including phenoxy) is 1. The number of thioether (sulfide) groups is 1. The highest BCUT2D eigenvalue weighted by Crippen LogP contribution is 2.23. The van der Waals surface area contributed by atoms with Crippen molar-refractivity contribution in [1.82, 2.24) is 0 Å². The molecular formula is C15H11FN2O2S. The number of thiocyanates is 1. The number of nitrogens with zero attached hydrogens (tertiary/aromatic N) is 1. The van der Waals surface area contributed by atoms with Gasteiger partial charge in [0.2, 0.25) is 0 Å². The van der Waals surface area contributed by atoms with E-state index in [1.54, 1.807) is 5.40 Å². The number of amides is 1. The summed E-state index contributed by atoms with van der Waals surface area (Å²) < 4.78 is 18.6. The highest BCUT2D eigenvalue weighted by Gasteiger charge is 2.08. The number of nitrogens with one attached hydrogen (secondary N) is 1. The molecule has 1 amide bonds. The van der Waals surface area contributed by atoms with Crippen molar-refractivity contribution in [3.63, 3.8) is 0 Å². The molecule has 0 spiro atoms. The SMILES string of the molecule is N#CSc1ccc(NC(=O)OCc2ccccc2)cc1F. The first-order valence-corrected chi connectivity index (χ1v) is 6.84. The van der Waals surface area contributed by atoms with Gasteiger partial charge in [-0.25, -0.2) is 9.18 Å². The number of hydrogen-bond donors (Lipinski definition) is 1. The van der Waals surface area contributed by atoms with E-state index >= 15 is 0 Å². The topological polar surface area (TPSA) is 62.1 Å². The number of rotatable bonds is 4. The van der Waals surface area contributed by atoms with Gasteiger partial charge < -0.3 is 4.74 Å². The molecule has 0 saturated carbocycles. The summed E-state index contributed by atoms with van der Waals surface area (Å²) in [7, 11) is 0. The Morgan fingerprint density at radius 2 is 2.05 bits per heavy atom. The molecule has 0 saturated heterocycles. The lowest BCUT2D eigenvalue weighted by Gasteiger charge is -2.08. The summed E-state index contributed by atoms with van der Waals surface area (Å²) in [5.41, 5.74) is 1.13. The van der Waals surface area contributed by atoms with Crippen LogP contribution in [0.4, 0.5) is 14.9 Å². The van der Waals surface area contributed by atoms with E-state index in [9.17, 15) is 9.18 Å². The lowest BCUT2D eigenvalue weighted by molar-refractivity contribution is 0.155. The largest absolute Gasteiger partial charge is 0.444 e. The number of halogens is 1. The molecule has 2 aromatic carbocycles. The van der Waals surface area contributed by atoms with Gasteiger partial charge in [0.05, 0.1) is 4.90 Å². The van der Waals surface area contributed by atoms with Gasteiger partial charge in [-0.2, -0.15) is 5.26 Å². The number of hydrogen-bond acceptors (Lipinski definition) is 4. The zero-order valence-electron chi connectivity index (χ0n) is 10.9. The molecule has 6 heteroatoms. The standard InChI is InChI=1S/C15H11FN2O2S/c16-13-8-12(6-7-14(13)21-10-17)18-15(19)20-9-11-4-2-1-3-5-11/h1-8H,9H2,(H,18,19). The Kier molecular flexibility index (Phi) is 5.18. The first-order valence-electron chi connectivity index (χ1n) is 6.02. The first kappa shape index (κ1) is 14.9. The summed E-state index contributed by atoms with van der Waals surface area (Å²) in [5.74, 6) is -0.567. The number of benzene rings is 2. The molecule has 0 aliphatic heterocycles. The average molecular weight is 302 g/mol. The van der Waals surface area contributed by atoms with Crippen LogP contribution in [-0.2, 0) is 11.3 Å². The Morgan fingerprint density at radius 1 is 1.29 bits per heavy atom. The second-order valence-corrected chi connectivity index (χ2v) is 4.85. The predicted octanol–water partition coefficient (Wildman–Crippen LogP) is 4.15. The molecule has 106 valence electrons. The Hall–Kier alpha value is -2.52. The molecule has 0 fully saturated rings. The fraction of sp³-hybridized carbons (Fsp3) is 0.0667. The van der Waals surface area contributed by atoms with E-state index in [4.69, 9.17) is 10.00 Å². The minimum atomic E-state index is -0.668. The molecule has 4 nitrogen and oxygen atoms in total. The molecule has 0 aromatic heterocycles. The van der Waals surface area contributed by atoms with E-state index in [-0.39, 0.29) is 17.2 Å². The van der Waals surface area contributed by atoms with E-state index in [2.05, 4.69) is 5.32 Å². The van der Waals surface area contributed by atoms with Crippen LogP contribution >= 0.6 is 11.8 Å². The van der Waals surface area contributed by atoms with Gasteiger partial charge in [0.15, 0.2) is 0 Å². The number of nitriles is 1. The Morgan fingerprint density at radius 3 is 2.71 bits per heavy atom. The van der Waals surface area contributed by atoms with Gasteiger partial charge in [0.25, 0.3) is 0 Å². The van der Waals surface area contributed by atoms with Gasteiger partial charge in [0.1, 0.15) is 17.8 Å². The quantitative estimate of drug-likeness (QED) is 0.681. The van der Waals surface area contributed by atoms with E-state index in [0.29, 0.717) is 0 Å². The monoisotopic (exact) mass is 302 g/mol. The Labute approximate surface area is 125 Å². The molecule has 0 aliphatic rings. The molecule has 0 radical (unpaired) electrons. The molecule has 21 heavy (non-hydrogen) atoms. The molecule has 2 aromatic rings. The van der Waals surface area contributed by atoms with Crippen molar-refractivity contribution in [2.75, 3.05) is 5.32 Å². The fourth-order valence-electron chi connectivity index (χ4n) is 1.59. The Balaban J connectivity index is 1.91. The lowest BCUT2D eigenvalue weighted by atomic mass is 10.2. The van der Waals surface area contributed by atoms with Crippen LogP contribution in [0, 0.1) is 16.5 Å². The average Bonchev–Trinajstić information content (AvgIpc) is 2.49. The summed E-state index contributed by atoms with van der Waals surface area (Å²) in [6.45, 7) is 0.136.